The molecular formula is C22H22F3NO. The van der Waals surface area contributed by atoms with E-state index in [1.165, 1.54) is 12.1 Å². The van der Waals surface area contributed by atoms with Crippen LogP contribution in [-0.2, 0) is 12.7 Å². The lowest BCUT2D eigenvalue weighted by molar-refractivity contribution is -0.137. The second-order valence-electron chi connectivity index (χ2n) is 6.72. The molecule has 0 spiro atoms. The number of hydrogen-bond acceptors (Lipinski definition) is 1. The van der Waals surface area contributed by atoms with Crippen LogP contribution in [0.1, 0.15) is 54.1 Å². The van der Waals surface area contributed by atoms with E-state index in [9.17, 15) is 18.0 Å². The van der Waals surface area contributed by atoms with E-state index in [1.807, 2.05) is 28.8 Å². The van der Waals surface area contributed by atoms with Crippen LogP contribution >= 0.6 is 0 Å². The molecule has 0 radical (unpaired) electrons. The highest BCUT2D eigenvalue weighted by Gasteiger charge is 2.31. The monoisotopic (exact) mass is 373 g/mol. The SMILES string of the molecule is CCCCCCn1cc(C(=O)c2cccc(C(F)(F)F)c2)c2ccccc21. The van der Waals surface area contributed by atoms with E-state index in [-0.39, 0.29) is 11.3 Å². The standard InChI is InChI=1S/C22H22F3NO/c1-2-3-4-7-13-26-15-19(18-11-5-6-12-20(18)26)21(27)16-9-8-10-17(14-16)22(23,24)25/h5-6,8-12,14-15H,2-4,7,13H2,1H3. The van der Waals surface area contributed by atoms with Crippen molar-refractivity contribution in [2.24, 2.45) is 0 Å². The number of aromatic nitrogens is 1. The van der Waals surface area contributed by atoms with Crippen molar-refractivity contribution in [1.82, 2.24) is 4.57 Å². The molecule has 0 saturated heterocycles. The highest BCUT2D eigenvalue weighted by atomic mass is 19.4. The smallest absolute Gasteiger partial charge is 0.347 e. The molecule has 0 bridgehead atoms. The van der Waals surface area contributed by atoms with Gasteiger partial charge >= 0.3 is 6.18 Å². The highest BCUT2D eigenvalue weighted by molar-refractivity contribution is 6.16. The zero-order valence-corrected chi connectivity index (χ0v) is 15.2. The minimum atomic E-state index is -4.47. The zero-order chi connectivity index (χ0) is 19.4. The van der Waals surface area contributed by atoms with Gasteiger partial charge in [0.15, 0.2) is 5.78 Å². The molecule has 1 aromatic heterocycles. The third-order valence-electron chi connectivity index (χ3n) is 4.74. The van der Waals surface area contributed by atoms with Gasteiger partial charge in [0.1, 0.15) is 0 Å². The summed E-state index contributed by atoms with van der Waals surface area (Å²) in [7, 11) is 0. The molecule has 1 heterocycles. The number of alkyl halides is 3. The van der Waals surface area contributed by atoms with Crippen LogP contribution in [0.5, 0.6) is 0 Å². The first-order valence-corrected chi connectivity index (χ1v) is 9.21. The van der Waals surface area contributed by atoms with Crippen molar-refractivity contribution in [3.63, 3.8) is 0 Å². The quantitative estimate of drug-likeness (QED) is 0.343. The van der Waals surface area contributed by atoms with Crippen LogP contribution in [0.2, 0.25) is 0 Å². The summed E-state index contributed by atoms with van der Waals surface area (Å²) >= 11 is 0. The third-order valence-corrected chi connectivity index (χ3v) is 4.74. The fraction of sp³-hybridized carbons (Fsp3) is 0.318. The van der Waals surface area contributed by atoms with Crippen LogP contribution < -0.4 is 0 Å². The minimum Gasteiger partial charge on any atom is -0.347 e. The molecule has 0 aliphatic heterocycles. The molecule has 0 aliphatic rings. The van der Waals surface area contributed by atoms with Gasteiger partial charge in [-0.25, -0.2) is 0 Å². The van der Waals surface area contributed by atoms with E-state index in [2.05, 4.69) is 6.92 Å². The Balaban J connectivity index is 1.95. The summed E-state index contributed by atoms with van der Waals surface area (Å²) in [4.78, 5) is 12.9. The van der Waals surface area contributed by atoms with E-state index in [0.29, 0.717) is 5.56 Å². The number of fused-ring (bicyclic) bond motifs is 1. The van der Waals surface area contributed by atoms with Gasteiger partial charge in [0.05, 0.1) is 5.56 Å². The maximum Gasteiger partial charge on any atom is 0.416 e. The molecule has 0 atom stereocenters. The average molecular weight is 373 g/mol. The Morgan fingerprint density at radius 2 is 1.78 bits per heavy atom. The topological polar surface area (TPSA) is 22.0 Å². The molecule has 5 heteroatoms. The van der Waals surface area contributed by atoms with Crippen LogP contribution in [0.4, 0.5) is 13.2 Å². The fourth-order valence-electron chi connectivity index (χ4n) is 3.31. The summed E-state index contributed by atoms with van der Waals surface area (Å²) in [5.74, 6) is -0.385. The van der Waals surface area contributed by atoms with Crippen molar-refractivity contribution < 1.29 is 18.0 Å². The van der Waals surface area contributed by atoms with E-state index in [1.54, 1.807) is 6.20 Å². The van der Waals surface area contributed by atoms with Crippen molar-refractivity contribution in [2.45, 2.75) is 45.3 Å². The molecule has 3 rings (SSSR count). The number of carbonyl (C=O) groups excluding carboxylic acids is 1. The van der Waals surface area contributed by atoms with Gasteiger partial charge in [-0.05, 0) is 24.6 Å². The van der Waals surface area contributed by atoms with Gasteiger partial charge in [0, 0.05) is 34.8 Å². The number of aryl methyl sites for hydroxylation is 1. The Bertz CT molecular complexity index is 940. The van der Waals surface area contributed by atoms with Crippen LogP contribution in [0.3, 0.4) is 0 Å². The number of benzene rings is 2. The molecule has 0 fully saturated rings. The largest absolute Gasteiger partial charge is 0.416 e. The Labute approximate surface area is 156 Å². The van der Waals surface area contributed by atoms with Crippen LogP contribution in [0.15, 0.2) is 54.7 Å². The Morgan fingerprint density at radius 1 is 1.00 bits per heavy atom. The van der Waals surface area contributed by atoms with Gasteiger partial charge in [0.25, 0.3) is 0 Å². The van der Waals surface area contributed by atoms with Crippen molar-refractivity contribution in [2.75, 3.05) is 0 Å². The minimum absolute atomic E-state index is 0.0544. The van der Waals surface area contributed by atoms with Crippen LogP contribution in [0.25, 0.3) is 10.9 Å². The van der Waals surface area contributed by atoms with Gasteiger partial charge in [0.2, 0.25) is 0 Å². The Hall–Kier alpha value is -2.56. The number of halogens is 3. The molecule has 0 amide bonds. The Kier molecular flexibility index (Phi) is 5.68. The third kappa shape index (κ3) is 4.24. The van der Waals surface area contributed by atoms with Crippen molar-refractivity contribution >= 4 is 16.7 Å². The molecule has 0 unspecified atom stereocenters. The lowest BCUT2D eigenvalue weighted by Crippen LogP contribution is -2.08. The zero-order valence-electron chi connectivity index (χ0n) is 15.2. The number of carbonyl (C=O) groups is 1. The summed E-state index contributed by atoms with van der Waals surface area (Å²) in [6.45, 7) is 2.94. The van der Waals surface area contributed by atoms with E-state index < -0.39 is 11.7 Å². The van der Waals surface area contributed by atoms with Crippen LogP contribution in [0, 0.1) is 0 Å². The lowest BCUT2D eigenvalue weighted by Gasteiger charge is -2.08. The van der Waals surface area contributed by atoms with Gasteiger partial charge in [-0.15, -0.1) is 0 Å². The van der Waals surface area contributed by atoms with E-state index in [4.69, 9.17) is 0 Å². The van der Waals surface area contributed by atoms with Gasteiger partial charge < -0.3 is 4.57 Å². The second-order valence-corrected chi connectivity index (χ2v) is 6.72. The first-order valence-electron chi connectivity index (χ1n) is 9.21. The second kappa shape index (κ2) is 7.99. The maximum absolute atomic E-state index is 13.0. The molecule has 0 saturated carbocycles. The number of hydrogen-bond donors (Lipinski definition) is 0. The number of unbranched alkanes of at least 4 members (excludes halogenated alkanes) is 3. The molecule has 142 valence electrons. The summed E-state index contributed by atoms with van der Waals surface area (Å²) < 4.78 is 41.0. The summed E-state index contributed by atoms with van der Waals surface area (Å²) in [6.07, 6.45) is 1.73. The fourth-order valence-corrected chi connectivity index (χ4v) is 3.31. The van der Waals surface area contributed by atoms with Crippen LogP contribution in [-0.4, -0.2) is 10.4 Å². The number of para-hydroxylation sites is 1. The number of rotatable bonds is 7. The highest BCUT2D eigenvalue weighted by Crippen LogP contribution is 2.31. The summed E-state index contributed by atoms with van der Waals surface area (Å²) in [6, 6.07) is 12.2. The molecule has 2 nitrogen and oxygen atoms in total. The molecule has 0 N–H and O–H groups in total. The number of nitrogens with zero attached hydrogens (tertiary/aromatic N) is 1. The first-order chi connectivity index (χ1) is 12.9. The summed E-state index contributed by atoms with van der Waals surface area (Å²) in [5.41, 5.74) is 0.625. The Morgan fingerprint density at radius 3 is 2.52 bits per heavy atom. The molecule has 3 aromatic rings. The summed E-state index contributed by atoms with van der Waals surface area (Å²) in [5, 5.41) is 0.774. The molecule has 2 aromatic carbocycles. The van der Waals surface area contributed by atoms with Gasteiger partial charge in [-0.1, -0.05) is 56.5 Å². The number of ketones is 1. The normalized spacial score (nSPS) is 11.9. The van der Waals surface area contributed by atoms with Crippen molar-refractivity contribution in [3.8, 4) is 0 Å². The van der Waals surface area contributed by atoms with Crippen molar-refractivity contribution in [1.29, 1.82) is 0 Å². The predicted molar refractivity (Wildman–Crippen MR) is 101 cm³/mol. The van der Waals surface area contributed by atoms with Gasteiger partial charge in [-0.2, -0.15) is 13.2 Å². The molecule has 0 aliphatic carbocycles. The average Bonchev–Trinajstić information content (AvgIpc) is 3.03. The molecular weight excluding hydrogens is 351 g/mol. The van der Waals surface area contributed by atoms with E-state index >= 15 is 0 Å². The predicted octanol–water partition coefficient (Wildman–Crippen LogP) is 6.47. The van der Waals surface area contributed by atoms with Gasteiger partial charge in [-0.3, -0.25) is 4.79 Å². The lowest BCUT2D eigenvalue weighted by atomic mass is 10.0. The first kappa shape index (κ1) is 19.2. The maximum atomic E-state index is 13.0. The van der Waals surface area contributed by atoms with E-state index in [0.717, 1.165) is 55.3 Å². The molecule has 27 heavy (non-hydrogen) atoms. The van der Waals surface area contributed by atoms with Crippen molar-refractivity contribution in [3.05, 3.63) is 71.4 Å².